The summed E-state index contributed by atoms with van der Waals surface area (Å²) in [5.41, 5.74) is 8.51. The second kappa shape index (κ2) is 6.24. The van der Waals surface area contributed by atoms with Gasteiger partial charge in [0.05, 0.1) is 5.69 Å². The molecule has 3 rings (SSSR count). The van der Waals surface area contributed by atoms with Gasteiger partial charge in [0.2, 0.25) is 6.41 Å². The third kappa shape index (κ3) is 2.54. The number of amides is 2. The molecule has 1 aromatic carbocycles. The lowest BCUT2D eigenvalue weighted by molar-refractivity contribution is -0.105. The Balaban J connectivity index is 2.34. The third-order valence-corrected chi connectivity index (χ3v) is 4.96. The molecule has 2 amide bonds. The number of oxazole rings is 1. The predicted octanol–water partition coefficient (Wildman–Crippen LogP) is 2.18. The molecule has 0 saturated heterocycles. The highest BCUT2D eigenvalue weighted by Gasteiger charge is 2.38. The number of hydrogen-bond acceptors (Lipinski definition) is 5. The lowest BCUT2D eigenvalue weighted by Crippen LogP contribution is -2.42. The van der Waals surface area contributed by atoms with Crippen molar-refractivity contribution in [3.63, 3.8) is 0 Å². The Hall–Kier alpha value is -2.41. The van der Waals surface area contributed by atoms with E-state index in [0.29, 0.717) is 23.2 Å². The molecule has 0 aliphatic heterocycles. The van der Waals surface area contributed by atoms with Crippen LogP contribution in [0.1, 0.15) is 53.9 Å². The number of carbonyl (C=O) groups is 2. The van der Waals surface area contributed by atoms with Gasteiger partial charge in [0.1, 0.15) is 5.52 Å². The topological polar surface area (TPSA) is 110 Å². The first-order valence-corrected chi connectivity index (χ1v) is 8.16. The van der Waals surface area contributed by atoms with E-state index in [1.165, 1.54) is 6.42 Å². The van der Waals surface area contributed by atoms with Crippen molar-refractivity contribution in [2.45, 2.75) is 44.6 Å². The normalized spacial score (nSPS) is 16.9. The number of primary amides is 1. The second-order valence-corrected chi connectivity index (χ2v) is 6.33. The van der Waals surface area contributed by atoms with Crippen LogP contribution in [0.4, 0.5) is 5.69 Å². The first-order chi connectivity index (χ1) is 11.5. The van der Waals surface area contributed by atoms with Crippen LogP contribution in [0.5, 0.6) is 0 Å². The number of benzene rings is 1. The number of aromatic nitrogens is 1. The molecule has 0 bridgehead atoms. The van der Waals surface area contributed by atoms with E-state index in [-0.39, 0.29) is 11.4 Å². The molecule has 1 aliphatic rings. The minimum Gasteiger partial charge on any atom is -0.432 e. The van der Waals surface area contributed by atoms with Crippen LogP contribution in [0, 0.1) is 6.92 Å². The van der Waals surface area contributed by atoms with Crippen LogP contribution in [-0.4, -0.2) is 24.3 Å². The average molecular weight is 330 g/mol. The first kappa shape index (κ1) is 16.4. The van der Waals surface area contributed by atoms with Crippen LogP contribution in [-0.2, 0) is 10.3 Å². The summed E-state index contributed by atoms with van der Waals surface area (Å²) in [6.07, 6.45) is 5.83. The molecule has 1 heterocycles. The maximum atomic E-state index is 11.5. The Kier molecular flexibility index (Phi) is 4.28. The van der Waals surface area contributed by atoms with Crippen molar-refractivity contribution in [1.29, 1.82) is 0 Å². The summed E-state index contributed by atoms with van der Waals surface area (Å²) < 4.78 is 5.70. The molecular weight excluding hydrogens is 308 g/mol. The van der Waals surface area contributed by atoms with Crippen molar-refractivity contribution in [3.8, 4) is 0 Å². The van der Waals surface area contributed by atoms with Crippen LogP contribution in [0.15, 0.2) is 10.5 Å². The zero-order chi connectivity index (χ0) is 17.3. The summed E-state index contributed by atoms with van der Waals surface area (Å²) in [4.78, 5) is 26.8. The SMILES string of the molecule is CNC1(c2c(NC=O)c(C)cc3nc(C(N)=O)oc23)CCCCC1. The minimum atomic E-state index is -0.707. The van der Waals surface area contributed by atoms with E-state index in [0.717, 1.165) is 36.8 Å². The van der Waals surface area contributed by atoms with Gasteiger partial charge < -0.3 is 20.8 Å². The van der Waals surface area contributed by atoms with E-state index >= 15 is 0 Å². The molecule has 7 nitrogen and oxygen atoms in total. The molecule has 7 heteroatoms. The summed E-state index contributed by atoms with van der Waals surface area (Å²) in [5.74, 6) is -0.821. The Bertz CT molecular complexity index is 791. The van der Waals surface area contributed by atoms with Gasteiger partial charge in [-0.3, -0.25) is 9.59 Å². The number of rotatable bonds is 5. The average Bonchev–Trinajstić information content (AvgIpc) is 3.00. The van der Waals surface area contributed by atoms with Crippen molar-refractivity contribution in [3.05, 3.63) is 23.1 Å². The van der Waals surface area contributed by atoms with Gasteiger partial charge in [-0.1, -0.05) is 19.3 Å². The van der Waals surface area contributed by atoms with Gasteiger partial charge in [0.15, 0.2) is 5.58 Å². The van der Waals surface area contributed by atoms with Crippen molar-refractivity contribution in [2.24, 2.45) is 5.73 Å². The van der Waals surface area contributed by atoms with E-state index in [2.05, 4.69) is 15.6 Å². The molecule has 4 N–H and O–H groups in total. The summed E-state index contributed by atoms with van der Waals surface area (Å²) in [6, 6.07) is 1.80. The van der Waals surface area contributed by atoms with Gasteiger partial charge in [-0.05, 0) is 38.4 Å². The number of nitrogens with one attached hydrogen (secondary N) is 2. The molecular formula is C17H22N4O3. The molecule has 0 unspecified atom stereocenters. The number of fused-ring (bicyclic) bond motifs is 1. The van der Waals surface area contributed by atoms with Crippen LogP contribution in [0.2, 0.25) is 0 Å². The number of aryl methyl sites for hydroxylation is 1. The Labute approximate surface area is 140 Å². The van der Waals surface area contributed by atoms with Crippen LogP contribution in [0.3, 0.4) is 0 Å². The molecule has 0 spiro atoms. The second-order valence-electron chi connectivity index (χ2n) is 6.33. The maximum Gasteiger partial charge on any atom is 0.304 e. The van der Waals surface area contributed by atoms with Gasteiger partial charge in [0, 0.05) is 11.1 Å². The molecule has 0 radical (unpaired) electrons. The fourth-order valence-corrected chi connectivity index (χ4v) is 3.78. The number of carbonyl (C=O) groups excluding carboxylic acids is 2. The predicted molar refractivity (Wildman–Crippen MR) is 90.8 cm³/mol. The zero-order valence-electron chi connectivity index (χ0n) is 13.9. The largest absolute Gasteiger partial charge is 0.432 e. The van der Waals surface area contributed by atoms with E-state index in [4.69, 9.17) is 10.2 Å². The van der Waals surface area contributed by atoms with Gasteiger partial charge >= 0.3 is 5.91 Å². The van der Waals surface area contributed by atoms with Gasteiger partial charge in [-0.15, -0.1) is 0 Å². The summed E-state index contributed by atoms with van der Waals surface area (Å²) in [6.45, 7) is 1.90. The number of nitrogens with two attached hydrogens (primary N) is 1. The molecule has 24 heavy (non-hydrogen) atoms. The van der Waals surface area contributed by atoms with E-state index < -0.39 is 5.91 Å². The molecule has 1 aliphatic carbocycles. The van der Waals surface area contributed by atoms with Crippen molar-refractivity contribution in [2.75, 3.05) is 12.4 Å². The molecule has 1 fully saturated rings. The van der Waals surface area contributed by atoms with Crippen LogP contribution >= 0.6 is 0 Å². The van der Waals surface area contributed by atoms with Gasteiger partial charge in [-0.25, -0.2) is 4.98 Å². The lowest BCUT2D eigenvalue weighted by atomic mass is 9.75. The van der Waals surface area contributed by atoms with Crippen molar-refractivity contribution in [1.82, 2.24) is 10.3 Å². The summed E-state index contributed by atoms with van der Waals surface area (Å²) in [7, 11) is 1.91. The van der Waals surface area contributed by atoms with E-state index in [1.807, 2.05) is 14.0 Å². The monoisotopic (exact) mass is 330 g/mol. The highest BCUT2D eigenvalue weighted by Crippen LogP contribution is 2.45. The highest BCUT2D eigenvalue weighted by molar-refractivity contribution is 5.95. The quantitative estimate of drug-likeness (QED) is 0.728. The zero-order valence-corrected chi connectivity index (χ0v) is 13.9. The summed E-state index contributed by atoms with van der Waals surface area (Å²) >= 11 is 0. The van der Waals surface area contributed by atoms with Crippen molar-refractivity contribution >= 4 is 29.1 Å². The Morgan fingerprint density at radius 3 is 2.67 bits per heavy atom. The molecule has 1 aromatic heterocycles. The maximum absolute atomic E-state index is 11.5. The van der Waals surface area contributed by atoms with E-state index in [1.54, 1.807) is 6.07 Å². The first-order valence-electron chi connectivity index (χ1n) is 8.16. The standard InChI is InChI=1S/C17H22N4O3/c1-10-8-11-14(24-16(21-11)15(18)23)12(13(10)20-9-22)17(19-2)6-4-3-5-7-17/h8-9,19H,3-7H2,1-2H3,(H2,18,23)(H,20,22). The van der Waals surface area contributed by atoms with Crippen molar-refractivity contribution < 1.29 is 14.0 Å². The fourth-order valence-electron chi connectivity index (χ4n) is 3.78. The molecule has 0 atom stereocenters. The number of anilines is 1. The highest BCUT2D eigenvalue weighted by atomic mass is 16.4. The van der Waals surface area contributed by atoms with Crippen LogP contribution < -0.4 is 16.4 Å². The number of nitrogens with zero attached hydrogens (tertiary/aromatic N) is 1. The molecule has 1 saturated carbocycles. The minimum absolute atomic E-state index is 0.115. The Morgan fingerprint density at radius 1 is 1.38 bits per heavy atom. The van der Waals surface area contributed by atoms with E-state index in [9.17, 15) is 9.59 Å². The molecule has 128 valence electrons. The van der Waals surface area contributed by atoms with Gasteiger partial charge in [-0.2, -0.15) is 0 Å². The smallest absolute Gasteiger partial charge is 0.304 e. The fraction of sp³-hybridized carbons (Fsp3) is 0.471. The lowest BCUT2D eigenvalue weighted by Gasteiger charge is -2.39. The number of hydrogen-bond donors (Lipinski definition) is 3. The Morgan fingerprint density at radius 2 is 2.08 bits per heavy atom. The van der Waals surface area contributed by atoms with Crippen LogP contribution in [0.25, 0.3) is 11.1 Å². The van der Waals surface area contributed by atoms with Gasteiger partial charge in [0.25, 0.3) is 5.89 Å². The molecule has 2 aromatic rings. The summed E-state index contributed by atoms with van der Waals surface area (Å²) in [5, 5.41) is 6.24. The third-order valence-electron chi connectivity index (χ3n) is 4.96.